The monoisotopic (exact) mass is 470 g/mol. The molecule has 1 aliphatic rings. The Bertz CT molecular complexity index is 1290. The molecule has 4 aromatic rings. The zero-order valence-corrected chi connectivity index (χ0v) is 20.4. The van der Waals surface area contributed by atoms with Crippen LogP contribution in [-0.2, 0) is 0 Å². The van der Waals surface area contributed by atoms with Crippen LogP contribution in [0.25, 0.3) is 22.1 Å². The van der Waals surface area contributed by atoms with Crippen molar-refractivity contribution in [2.45, 2.75) is 18.2 Å². The molecule has 34 heavy (non-hydrogen) atoms. The lowest BCUT2D eigenvalue weighted by atomic mass is 10.0. The molecule has 0 bridgehead atoms. The number of thioether (sulfide) groups is 1. The van der Waals surface area contributed by atoms with Crippen molar-refractivity contribution in [3.63, 3.8) is 0 Å². The quantitative estimate of drug-likeness (QED) is 0.186. The zero-order valence-electron chi connectivity index (χ0n) is 19.6. The molecule has 3 aromatic carbocycles. The first-order chi connectivity index (χ1) is 16.7. The Labute approximate surface area is 205 Å². The van der Waals surface area contributed by atoms with E-state index >= 15 is 0 Å². The van der Waals surface area contributed by atoms with E-state index in [1.54, 1.807) is 6.07 Å². The average molecular weight is 471 g/mol. The number of anilines is 1. The Morgan fingerprint density at radius 3 is 2.41 bits per heavy atom. The van der Waals surface area contributed by atoms with Gasteiger partial charge in [0.15, 0.2) is 0 Å². The summed E-state index contributed by atoms with van der Waals surface area (Å²) in [6.45, 7) is 7.65. The second-order valence-corrected chi connectivity index (χ2v) is 10.0. The Kier molecular flexibility index (Phi) is 7.02. The molecule has 0 aliphatic carbocycles. The van der Waals surface area contributed by atoms with Crippen molar-refractivity contribution in [2.24, 2.45) is 0 Å². The van der Waals surface area contributed by atoms with Crippen molar-refractivity contribution >= 4 is 28.4 Å². The van der Waals surface area contributed by atoms with E-state index in [1.165, 1.54) is 11.3 Å². The molecule has 1 aromatic heterocycles. The summed E-state index contributed by atoms with van der Waals surface area (Å²) >= 11 is 1.83. The van der Waals surface area contributed by atoms with E-state index in [4.69, 9.17) is 4.42 Å². The Morgan fingerprint density at radius 2 is 1.65 bits per heavy atom. The molecule has 1 saturated heterocycles. The van der Waals surface area contributed by atoms with Gasteiger partial charge >= 0.3 is 5.63 Å². The highest BCUT2D eigenvalue weighted by Gasteiger charge is 2.16. The lowest BCUT2D eigenvalue weighted by molar-refractivity contribution is 0.259. The summed E-state index contributed by atoms with van der Waals surface area (Å²) in [6, 6.07) is 26.7. The van der Waals surface area contributed by atoms with Crippen molar-refractivity contribution < 1.29 is 4.42 Å². The maximum Gasteiger partial charge on any atom is 0.336 e. The van der Waals surface area contributed by atoms with Crippen LogP contribution in [0.4, 0.5) is 5.69 Å². The normalized spacial score (nSPS) is 14.6. The van der Waals surface area contributed by atoms with Gasteiger partial charge < -0.3 is 9.32 Å². The number of hydrogen-bond acceptors (Lipinski definition) is 5. The van der Waals surface area contributed by atoms with Crippen molar-refractivity contribution in [2.75, 3.05) is 43.4 Å². The molecular formula is C29H30N2O2S. The fourth-order valence-corrected chi connectivity index (χ4v) is 5.42. The van der Waals surface area contributed by atoms with Gasteiger partial charge in [-0.15, -0.1) is 11.8 Å². The van der Waals surface area contributed by atoms with Crippen LogP contribution in [0.3, 0.4) is 0 Å². The van der Waals surface area contributed by atoms with E-state index in [0.717, 1.165) is 66.3 Å². The Morgan fingerprint density at radius 1 is 0.882 bits per heavy atom. The molecule has 1 fully saturated rings. The summed E-state index contributed by atoms with van der Waals surface area (Å²) in [5, 5.41) is 0.974. The van der Waals surface area contributed by atoms with Gasteiger partial charge in [0.2, 0.25) is 0 Å². The second-order valence-electron chi connectivity index (χ2n) is 8.87. The summed E-state index contributed by atoms with van der Waals surface area (Å²) in [5.41, 5.74) is 4.95. The van der Waals surface area contributed by atoms with Gasteiger partial charge in [-0.25, -0.2) is 4.79 Å². The Hall–Kier alpha value is -3.02. The van der Waals surface area contributed by atoms with Gasteiger partial charge in [0, 0.05) is 48.2 Å². The molecule has 0 spiro atoms. The maximum absolute atomic E-state index is 12.2. The van der Waals surface area contributed by atoms with Gasteiger partial charge in [0.1, 0.15) is 5.58 Å². The van der Waals surface area contributed by atoms with Crippen LogP contribution in [0.1, 0.15) is 12.0 Å². The Balaban J connectivity index is 1.14. The minimum absolute atomic E-state index is 0.307. The predicted molar refractivity (Wildman–Crippen MR) is 143 cm³/mol. The van der Waals surface area contributed by atoms with E-state index < -0.39 is 0 Å². The minimum atomic E-state index is -0.307. The molecule has 5 rings (SSSR count). The average Bonchev–Trinajstić information content (AvgIpc) is 2.87. The summed E-state index contributed by atoms with van der Waals surface area (Å²) in [4.78, 5) is 18.4. The van der Waals surface area contributed by atoms with Gasteiger partial charge in [-0.3, -0.25) is 4.90 Å². The van der Waals surface area contributed by atoms with E-state index in [-0.39, 0.29) is 5.63 Å². The molecule has 0 amide bonds. The molecule has 0 atom stereocenters. The first kappa shape index (κ1) is 22.8. The van der Waals surface area contributed by atoms with E-state index in [2.05, 4.69) is 53.1 Å². The van der Waals surface area contributed by atoms with Crippen LogP contribution in [-0.4, -0.2) is 43.4 Å². The summed E-state index contributed by atoms with van der Waals surface area (Å²) in [5.74, 6) is 1.05. The van der Waals surface area contributed by atoms with E-state index in [9.17, 15) is 4.79 Å². The van der Waals surface area contributed by atoms with Crippen LogP contribution in [0.2, 0.25) is 0 Å². The van der Waals surface area contributed by atoms with Crippen LogP contribution in [0, 0.1) is 6.92 Å². The summed E-state index contributed by atoms with van der Waals surface area (Å²) in [6.07, 6.45) is 1.14. The predicted octanol–water partition coefficient (Wildman–Crippen LogP) is 6.07. The lowest BCUT2D eigenvalue weighted by Gasteiger charge is -2.36. The fourth-order valence-electron chi connectivity index (χ4n) is 4.55. The standard InChI is InChI=1S/C29H30N2O2S/c1-22-8-10-24(11-9-22)31-17-15-30(16-18-31)14-5-19-34-25-12-13-26-27(23-6-3-2-4-7-23)21-29(32)33-28(26)20-25/h2-4,6-13,20-21H,5,14-19H2,1H3. The minimum Gasteiger partial charge on any atom is -0.423 e. The highest BCUT2D eigenvalue weighted by Crippen LogP contribution is 2.30. The lowest BCUT2D eigenvalue weighted by Crippen LogP contribution is -2.46. The largest absolute Gasteiger partial charge is 0.423 e. The number of nitrogens with zero attached hydrogens (tertiary/aromatic N) is 2. The molecule has 0 radical (unpaired) electrons. The summed E-state index contributed by atoms with van der Waals surface area (Å²) < 4.78 is 5.54. The number of rotatable bonds is 7. The van der Waals surface area contributed by atoms with E-state index in [1.807, 2.05) is 48.2 Å². The molecule has 0 saturated carbocycles. The third-order valence-electron chi connectivity index (χ3n) is 6.46. The first-order valence-electron chi connectivity index (χ1n) is 12.0. The molecule has 4 nitrogen and oxygen atoms in total. The SMILES string of the molecule is Cc1ccc(N2CCN(CCCSc3ccc4c(-c5ccccc5)cc(=O)oc4c3)CC2)cc1. The van der Waals surface area contributed by atoms with Crippen molar-refractivity contribution in [3.8, 4) is 11.1 Å². The van der Waals surface area contributed by atoms with Gasteiger partial charge in [0.05, 0.1) is 0 Å². The fraction of sp³-hybridized carbons (Fsp3) is 0.276. The van der Waals surface area contributed by atoms with Gasteiger partial charge in [0.25, 0.3) is 0 Å². The van der Waals surface area contributed by atoms with Gasteiger partial charge in [-0.1, -0.05) is 48.0 Å². The highest BCUT2D eigenvalue weighted by atomic mass is 32.2. The number of piperazine rings is 1. The highest BCUT2D eigenvalue weighted by molar-refractivity contribution is 7.99. The van der Waals surface area contributed by atoms with Crippen LogP contribution < -0.4 is 10.5 Å². The second kappa shape index (κ2) is 10.5. The molecule has 0 unspecified atom stereocenters. The van der Waals surface area contributed by atoms with Crippen molar-refractivity contribution in [1.82, 2.24) is 4.90 Å². The number of fused-ring (bicyclic) bond motifs is 1. The number of hydrogen-bond donors (Lipinski definition) is 0. The third-order valence-corrected chi connectivity index (χ3v) is 7.54. The number of aryl methyl sites for hydroxylation is 1. The van der Waals surface area contributed by atoms with E-state index in [0.29, 0.717) is 5.58 Å². The van der Waals surface area contributed by atoms with Gasteiger partial charge in [-0.05, 0) is 67.1 Å². The molecular weight excluding hydrogens is 440 g/mol. The molecule has 174 valence electrons. The smallest absolute Gasteiger partial charge is 0.336 e. The van der Waals surface area contributed by atoms with Crippen LogP contribution in [0.5, 0.6) is 0 Å². The molecule has 5 heteroatoms. The third kappa shape index (κ3) is 5.37. The number of benzene rings is 3. The molecule has 0 N–H and O–H groups in total. The van der Waals surface area contributed by atoms with Crippen molar-refractivity contribution in [3.05, 3.63) is 94.8 Å². The molecule has 1 aliphatic heterocycles. The van der Waals surface area contributed by atoms with Crippen LogP contribution >= 0.6 is 11.8 Å². The first-order valence-corrected chi connectivity index (χ1v) is 12.9. The van der Waals surface area contributed by atoms with Crippen molar-refractivity contribution in [1.29, 1.82) is 0 Å². The topological polar surface area (TPSA) is 36.7 Å². The maximum atomic E-state index is 12.2. The molecule has 2 heterocycles. The van der Waals surface area contributed by atoms with Gasteiger partial charge in [-0.2, -0.15) is 0 Å². The summed E-state index contributed by atoms with van der Waals surface area (Å²) in [7, 11) is 0. The van der Waals surface area contributed by atoms with Crippen LogP contribution in [0.15, 0.2) is 93.0 Å². The zero-order chi connectivity index (χ0) is 23.3.